The Balaban J connectivity index is 2.21. The van der Waals surface area contributed by atoms with Crippen molar-refractivity contribution in [2.24, 2.45) is 0 Å². The van der Waals surface area contributed by atoms with Crippen molar-refractivity contribution in [3.05, 3.63) is 42.5 Å². The van der Waals surface area contributed by atoms with E-state index in [0.29, 0.717) is 5.69 Å². The average Bonchev–Trinajstić information content (AvgIpc) is 2.56. The number of nitrogens with zero attached hydrogens (tertiary/aromatic N) is 1. The molecule has 2 amide bonds. The van der Waals surface area contributed by atoms with Crippen molar-refractivity contribution in [2.45, 2.75) is 26.4 Å². The molecule has 0 saturated heterocycles. The molecule has 0 radical (unpaired) electrons. The molecule has 0 atom stereocenters. The lowest BCUT2D eigenvalue weighted by Crippen LogP contribution is -2.43. The Morgan fingerprint density at radius 1 is 1.08 bits per heavy atom. The summed E-state index contributed by atoms with van der Waals surface area (Å²) in [6.07, 6.45) is -0.627. The van der Waals surface area contributed by atoms with Gasteiger partial charge in [0, 0.05) is 18.5 Å². The van der Waals surface area contributed by atoms with Gasteiger partial charge in [-0.05, 0) is 32.2 Å². The number of ether oxygens (including phenoxy) is 1. The van der Waals surface area contributed by atoms with Crippen LogP contribution in [0.2, 0.25) is 0 Å². The maximum atomic E-state index is 12.2. The van der Waals surface area contributed by atoms with Gasteiger partial charge in [-0.15, -0.1) is 0 Å². The number of fused-ring (bicyclic) bond motifs is 1. The highest BCUT2D eigenvalue weighted by atomic mass is 16.6. The molecule has 0 aliphatic heterocycles. The molecule has 2 aromatic rings. The summed E-state index contributed by atoms with van der Waals surface area (Å²) in [6.45, 7) is 5.27. The van der Waals surface area contributed by atoms with Gasteiger partial charge in [0.2, 0.25) is 0 Å². The van der Waals surface area contributed by atoms with Gasteiger partial charge in [0.25, 0.3) is 0 Å². The smallest absolute Gasteiger partial charge is 0.407 e. The highest BCUT2D eigenvalue weighted by molar-refractivity contribution is 6.38. The Morgan fingerprint density at radius 3 is 2.38 bits per heavy atom. The predicted molar refractivity (Wildman–Crippen MR) is 98.2 cm³/mol. The van der Waals surface area contributed by atoms with Crippen LogP contribution in [0.1, 0.15) is 20.8 Å². The summed E-state index contributed by atoms with van der Waals surface area (Å²) >= 11 is 0. The van der Waals surface area contributed by atoms with Gasteiger partial charge < -0.3 is 20.1 Å². The highest BCUT2D eigenvalue weighted by Gasteiger charge is 2.24. The van der Waals surface area contributed by atoms with Crippen LogP contribution in [0.5, 0.6) is 0 Å². The van der Waals surface area contributed by atoms with Crippen LogP contribution in [0, 0.1) is 0 Å². The summed E-state index contributed by atoms with van der Waals surface area (Å²) < 4.78 is 5.13. The number of carboxylic acids is 1. The van der Waals surface area contributed by atoms with Crippen LogP contribution in [0.25, 0.3) is 10.8 Å². The van der Waals surface area contributed by atoms with Crippen molar-refractivity contribution in [2.75, 3.05) is 18.0 Å². The van der Waals surface area contributed by atoms with E-state index in [4.69, 9.17) is 9.84 Å². The van der Waals surface area contributed by atoms with E-state index in [9.17, 15) is 14.4 Å². The van der Waals surface area contributed by atoms with Gasteiger partial charge in [-0.3, -0.25) is 4.79 Å². The van der Waals surface area contributed by atoms with Crippen molar-refractivity contribution >= 4 is 34.4 Å². The molecule has 0 saturated carbocycles. The monoisotopic (exact) mass is 358 g/mol. The molecule has 0 unspecified atom stereocenters. The first kappa shape index (κ1) is 19.2. The SMILES string of the molecule is CC(C)(C)OC(=O)NCCN(C(=O)C(=O)O)c1cccc2ccccc12. The van der Waals surface area contributed by atoms with Crippen molar-refractivity contribution in [1.82, 2.24) is 5.32 Å². The van der Waals surface area contributed by atoms with Gasteiger partial charge in [-0.25, -0.2) is 9.59 Å². The Labute approximate surface area is 151 Å². The normalized spacial score (nSPS) is 11.0. The van der Waals surface area contributed by atoms with E-state index in [1.165, 1.54) is 0 Å². The first-order valence-corrected chi connectivity index (χ1v) is 8.18. The van der Waals surface area contributed by atoms with Gasteiger partial charge in [-0.2, -0.15) is 0 Å². The minimum Gasteiger partial charge on any atom is -0.474 e. The van der Waals surface area contributed by atoms with E-state index in [1.807, 2.05) is 30.3 Å². The molecule has 0 fully saturated rings. The Morgan fingerprint density at radius 2 is 1.73 bits per heavy atom. The molecule has 7 nitrogen and oxygen atoms in total. The zero-order valence-corrected chi connectivity index (χ0v) is 15.0. The Bertz CT molecular complexity index is 821. The number of rotatable bonds is 4. The van der Waals surface area contributed by atoms with Crippen molar-refractivity contribution < 1.29 is 24.2 Å². The fourth-order valence-corrected chi connectivity index (χ4v) is 2.47. The maximum absolute atomic E-state index is 12.2. The van der Waals surface area contributed by atoms with Crippen LogP contribution in [-0.2, 0) is 14.3 Å². The Hall–Kier alpha value is -3.09. The van der Waals surface area contributed by atoms with Crippen molar-refractivity contribution in [1.29, 1.82) is 0 Å². The number of carbonyl (C=O) groups excluding carboxylic acids is 2. The second-order valence-electron chi connectivity index (χ2n) is 6.69. The number of hydrogen-bond acceptors (Lipinski definition) is 4. The largest absolute Gasteiger partial charge is 0.474 e. The number of carbonyl (C=O) groups is 3. The minimum atomic E-state index is -1.56. The average molecular weight is 358 g/mol. The molecular weight excluding hydrogens is 336 g/mol. The summed E-state index contributed by atoms with van der Waals surface area (Å²) in [5.41, 5.74) is -0.169. The second-order valence-corrected chi connectivity index (χ2v) is 6.69. The lowest BCUT2D eigenvalue weighted by Gasteiger charge is -2.24. The molecule has 138 valence electrons. The van der Waals surface area contributed by atoms with E-state index >= 15 is 0 Å². The summed E-state index contributed by atoms with van der Waals surface area (Å²) in [4.78, 5) is 36.3. The fraction of sp³-hybridized carbons (Fsp3) is 0.316. The lowest BCUT2D eigenvalue weighted by molar-refractivity contribution is -0.148. The van der Waals surface area contributed by atoms with Crippen LogP contribution in [-0.4, -0.2) is 41.8 Å². The molecule has 7 heteroatoms. The summed E-state index contributed by atoms with van der Waals surface area (Å²) in [7, 11) is 0. The van der Waals surface area contributed by atoms with Crippen LogP contribution in [0.15, 0.2) is 42.5 Å². The topological polar surface area (TPSA) is 95.9 Å². The van der Waals surface area contributed by atoms with Gasteiger partial charge in [0.1, 0.15) is 5.60 Å². The van der Waals surface area contributed by atoms with Gasteiger partial charge in [0.05, 0.1) is 5.69 Å². The van der Waals surface area contributed by atoms with Gasteiger partial charge in [-0.1, -0.05) is 36.4 Å². The molecule has 2 rings (SSSR count). The van der Waals surface area contributed by atoms with Crippen molar-refractivity contribution in [3.8, 4) is 0 Å². The van der Waals surface area contributed by atoms with Crippen LogP contribution >= 0.6 is 0 Å². The number of amides is 2. The lowest BCUT2D eigenvalue weighted by atomic mass is 10.1. The summed E-state index contributed by atoms with van der Waals surface area (Å²) in [5.74, 6) is -2.62. The maximum Gasteiger partial charge on any atom is 0.407 e. The van der Waals surface area contributed by atoms with E-state index in [1.54, 1.807) is 32.9 Å². The van der Waals surface area contributed by atoms with Crippen LogP contribution in [0.4, 0.5) is 10.5 Å². The number of aliphatic carboxylic acids is 1. The quantitative estimate of drug-likeness (QED) is 0.820. The molecule has 0 aliphatic rings. The predicted octanol–water partition coefficient (Wildman–Crippen LogP) is 2.78. The third kappa shape index (κ3) is 4.95. The summed E-state index contributed by atoms with van der Waals surface area (Å²) in [6, 6.07) is 12.7. The third-order valence-corrected chi connectivity index (χ3v) is 3.49. The number of carboxylic acid groups (broad SMARTS) is 1. The molecule has 0 bridgehead atoms. The van der Waals surface area contributed by atoms with E-state index in [-0.39, 0.29) is 13.1 Å². The molecule has 0 aliphatic carbocycles. The second kappa shape index (κ2) is 7.86. The molecule has 0 heterocycles. The first-order chi connectivity index (χ1) is 12.2. The van der Waals surface area contributed by atoms with E-state index < -0.39 is 23.6 Å². The zero-order valence-electron chi connectivity index (χ0n) is 15.0. The van der Waals surface area contributed by atoms with E-state index in [2.05, 4.69) is 5.32 Å². The van der Waals surface area contributed by atoms with Crippen LogP contribution in [0.3, 0.4) is 0 Å². The molecule has 2 aromatic carbocycles. The number of anilines is 1. The number of hydrogen-bond donors (Lipinski definition) is 2. The zero-order chi connectivity index (χ0) is 19.3. The van der Waals surface area contributed by atoms with E-state index in [0.717, 1.165) is 15.7 Å². The van der Waals surface area contributed by atoms with Crippen molar-refractivity contribution in [3.63, 3.8) is 0 Å². The van der Waals surface area contributed by atoms with Gasteiger partial charge >= 0.3 is 18.0 Å². The Kier molecular flexibility index (Phi) is 5.82. The molecule has 0 aromatic heterocycles. The van der Waals surface area contributed by atoms with Gasteiger partial charge in [0.15, 0.2) is 0 Å². The number of nitrogens with one attached hydrogen (secondary N) is 1. The number of benzene rings is 2. The highest BCUT2D eigenvalue weighted by Crippen LogP contribution is 2.26. The fourth-order valence-electron chi connectivity index (χ4n) is 2.47. The number of alkyl carbamates (subject to hydrolysis) is 1. The first-order valence-electron chi connectivity index (χ1n) is 8.18. The molecule has 26 heavy (non-hydrogen) atoms. The molecular formula is C19H22N2O5. The minimum absolute atomic E-state index is 0.00160. The molecule has 0 spiro atoms. The summed E-state index contributed by atoms with van der Waals surface area (Å²) in [5, 5.41) is 13.3. The standard InChI is InChI=1S/C19H22N2O5/c1-19(2,3)26-18(25)20-11-12-21(16(22)17(23)24)15-10-6-8-13-7-4-5-9-14(13)15/h4-10H,11-12H2,1-3H3,(H,20,25)(H,23,24). The van der Waals surface area contributed by atoms with Crippen LogP contribution < -0.4 is 10.2 Å². The third-order valence-electron chi connectivity index (χ3n) is 3.49. The molecule has 2 N–H and O–H groups in total.